The molecule has 0 spiro atoms. The third-order valence-electron chi connectivity index (χ3n) is 6.51. The first kappa shape index (κ1) is 20.1. The summed E-state index contributed by atoms with van der Waals surface area (Å²) in [6.07, 6.45) is 2.72. The normalized spacial score (nSPS) is 34.5. The van der Waals surface area contributed by atoms with Crippen LogP contribution in [0.5, 0.6) is 0 Å². The van der Waals surface area contributed by atoms with Gasteiger partial charge in [-0.15, -0.1) is 0 Å². The van der Waals surface area contributed by atoms with E-state index in [1.807, 2.05) is 0 Å². The third kappa shape index (κ3) is 4.29. The largest absolute Gasteiger partial charge is 0.413 e. The van der Waals surface area contributed by atoms with E-state index in [1.165, 1.54) is 0 Å². The number of fused-ring (bicyclic) bond motifs is 1. The van der Waals surface area contributed by atoms with Crippen molar-refractivity contribution in [3.05, 3.63) is 0 Å². The molecule has 0 aliphatic heterocycles. The molecule has 0 aromatic rings. The molecule has 0 aromatic carbocycles. The third-order valence-corrected chi connectivity index (χ3v) is 11.0. The number of hydrogen-bond donors (Lipinski definition) is 0. The van der Waals surface area contributed by atoms with Crippen LogP contribution in [-0.4, -0.2) is 40.7 Å². The van der Waals surface area contributed by atoms with E-state index in [4.69, 9.17) is 13.9 Å². The minimum Gasteiger partial charge on any atom is -0.413 e. The maximum Gasteiger partial charge on any atom is 0.192 e. The van der Waals surface area contributed by atoms with Crippen LogP contribution in [0.1, 0.15) is 47.0 Å². The number of carbonyl (C=O) groups excluding carboxylic acids is 1. The van der Waals surface area contributed by atoms with Crippen molar-refractivity contribution in [3.8, 4) is 0 Å². The standard InChI is InChI=1S/C19H36O4Si/c1-13-8-16-14(11-22-12-21-5)9-15(20)10-17(16)18(13)23-24(6,7)19(2,3)4/h13-14,16-18H,8-12H2,1-7H3/t13-,14+,16+,17-,18+/m0/s1. The Morgan fingerprint density at radius 2 is 1.83 bits per heavy atom. The molecule has 5 heteroatoms. The summed E-state index contributed by atoms with van der Waals surface area (Å²) in [4.78, 5) is 12.3. The Hall–Kier alpha value is -0.233. The van der Waals surface area contributed by atoms with E-state index >= 15 is 0 Å². The van der Waals surface area contributed by atoms with Gasteiger partial charge in [0, 0.05) is 20.0 Å². The minimum atomic E-state index is -1.83. The first-order valence-corrected chi connectivity index (χ1v) is 12.2. The van der Waals surface area contributed by atoms with Crippen molar-refractivity contribution in [1.29, 1.82) is 0 Å². The van der Waals surface area contributed by atoms with Crippen LogP contribution >= 0.6 is 0 Å². The van der Waals surface area contributed by atoms with E-state index in [0.717, 1.165) is 6.42 Å². The zero-order chi connectivity index (χ0) is 18.1. The van der Waals surface area contributed by atoms with E-state index < -0.39 is 8.32 Å². The number of ketones is 1. The molecule has 0 aromatic heterocycles. The fraction of sp³-hybridized carbons (Fsp3) is 0.947. The molecule has 0 radical (unpaired) electrons. The highest BCUT2D eigenvalue weighted by molar-refractivity contribution is 6.74. The second kappa shape index (κ2) is 7.56. The molecule has 2 rings (SSSR count). The zero-order valence-electron chi connectivity index (χ0n) is 16.6. The molecule has 24 heavy (non-hydrogen) atoms. The number of Topliss-reactive ketones (excluding diaryl/α,β-unsaturated/α-hetero) is 1. The lowest BCUT2D eigenvalue weighted by atomic mass is 9.73. The number of carbonyl (C=O) groups is 1. The van der Waals surface area contributed by atoms with Crippen LogP contribution in [0.3, 0.4) is 0 Å². The summed E-state index contributed by atoms with van der Waals surface area (Å²) >= 11 is 0. The van der Waals surface area contributed by atoms with Gasteiger partial charge < -0.3 is 13.9 Å². The number of methoxy groups -OCH3 is 1. The topological polar surface area (TPSA) is 44.8 Å². The van der Waals surface area contributed by atoms with Gasteiger partial charge in [0.1, 0.15) is 12.6 Å². The highest BCUT2D eigenvalue weighted by atomic mass is 28.4. The molecule has 2 saturated carbocycles. The number of hydrogen-bond acceptors (Lipinski definition) is 4. The van der Waals surface area contributed by atoms with E-state index in [2.05, 4.69) is 40.8 Å². The van der Waals surface area contributed by atoms with Crippen molar-refractivity contribution in [2.75, 3.05) is 20.5 Å². The smallest absolute Gasteiger partial charge is 0.192 e. The second-order valence-electron chi connectivity index (χ2n) is 9.37. The van der Waals surface area contributed by atoms with Gasteiger partial charge >= 0.3 is 0 Å². The molecule has 140 valence electrons. The van der Waals surface area contributed by atoms with E-state index in [-0.39, 0.29) is 11.1 Å². The van der Waals surface area contributed by atoms with Crippen LogP contribution in [0.4, 0.5) is 0 Å². The lowest BCUT2D eigenvalue weighted by molar-refractivity contribution is -0.128. The Morgan fingerprint density at radius 3 is 2.42 bits per heavy atom. The number of ether oxygens (including phenoxy) is 2. The van der Waals surface area contributed by atoms with Crippen molar-refractivity contribution < 1.29 is 18.7 Å². The predicted molar refractivity (Wildman–Crippen MR) is 98.4 cm³/mol. The lowest BCUT2D eigenvalue weighted by Crippen LogP contribution is -2.47. The maximum absolute atomic E-state index is 12.3. The van der Waals surface area contributed by atoms with Gasteiger partial charge in [0.2, 0.25) is 0 Å². The molecule has 5 atom stereocenters. The van der Waals surface area contributed by atoms with Gasteiger partial charge in [-0.2, -0.15) is 0 Å². The van der Waals surface area contributed by atoms with Gasteiger partial charge in [0.15, 0.2) is 8.32 Å². The molecule has 0 amide bonds. The molecule has 2 aliphatic carbocycles. The molecule has 0 bridgehead atoms. The molecule has 4 nitrogen and oxygen atoms in total. The summed E-state index contributed by atoms with van der Waals surface area (Å²) in [7, 11) is -0.191. The highest BCUT2D eigenvalue weighted by Crippen LogP contribution is 2.50. The average Bonchev–Trinajstić information content (AvgIpc) is 2.74. The van der Waals surface area contributed by atoms with Crippen LogP contribution in [0.25, 0.3) is 0 Å². The van der Waals surface area contributed by atoms with Gasteiger partial charge in [-0.3, -0.25) is 4.79 Å². The van der Waals surface area contributed by atoms with Crippen LogP contribution in [0.2, 0.25) is 18.1 Å². The zero-order valence-corrected chi connectivity index (χ0v) is 17.6. The SMILES string of the molecule is COCOC[C@H]1CC(=O)C[C@H]2[C@@H]1C[C@H](C)[C@H]2O[Si](C)(C)C(C)(C)C. The fourth-order valence-corrected chi connectivity index (χ4v) is 5.63. The van der Waals surface area contributed by atoms with Gasteiger partial charge in [-0.25, -0.2) is 0 Å². The fourth-order valence-electron chi connectivity index (χ4n) is 4.19. The Bertz CT molecular complexity index is 443. The van der Waals surface area contributed by atoms with Crippen LogP contribution in [-0.2, 0) is 18.7 Å². The van der Waals surface area contributed by atoms with Gasteiger partial charge in [0.25, 0.3) is 0 Å². The maximum atomic E-state index is 12.3. The van der Waals surface area contributed by atoms with E-state index in [9.17, 15) is 4.79 Å². The van der Waals surface area contributed by atoms with Gasteiger partial charge in [-0.05, 0) is 48.2 Å². The Morgan fingerprint density at radius 1 is 1.17 bits per heavy atom. The van der Waals surface area contributed by atoms with E-state index in [1.54, 1.807) is 7.11 Å². The Balaban J connectivity index is 2.11. The first-order valence-electron chi connectivity index (χ1n) is 9.33. The van der Waals surface area contributed by atoms with Crippen molar-refractivity contribution in [1.82, 2.24) is 0 Å². The first-order chi connectivity index (χ1) is 11.1. The summed E-state index contributed by atoms with van der Waals surface area (Å²) < 4.78 is 17.4. The predicted octanol–water partition coefficient (Wildman–Crippen LogP) is 4.25. The van der Waals surface area contributed by atoms with Crippen molar-refractivity contribution in [2.24, 2.45) is 23.7 Å². The monoisotopic (exact) mass is 356 g/mol. The van der Waals surface area contributed by atoms with Crippen molar-refractivity contribution in [2.45, 2.75) is 71.2 Å². The van der Waals surface area contributed by atoms with Crippen LogP contribution in [0.15, 0.2) is 0 Å². The summed E-state index contributed by atoms with van der Waals surface area (Å²) in [5.74, 6) is 2.13. The molecule has 0 saturated heterocycles. The molecular formula is C19H36O4Si. The van der Waals surface area contributed by atoms with Crippen molar-refractivity contribution in [3.63, 3.8) is 0 Å². The Kier molecular flexibility index (Phi) is 6.33. The summed E-state index contributed by atoms with van der Waals surface area (Å²) in [6, 6.07) is 0. The summed E-state index contributed by atoms with van der Waals surface area (Å²) in [6.45, 7) is 14.7. The highest BCUT2D eigenvalue weighted by Gasteiger charge is 2.51. The Labute approximate surface area is 148 Å². The quantitative estimate of drug-likeness (QED) is 0.405. The summed E-state index contributed by atoms with van der Waals surface area (Å²) in [5.41, 5.74) is 0. The molecular weight excluding hydrogens is 320 g/mol. The molecule has 0 unspecified atom stereocenters. The average molecular weight is 357 g/mol. The molecule has 0 heterocycles. The van der Waals surface area contributed by atoms with Crippen LogP contribution in [0, 0.1) is 23.7 Å². The molecule has 2 aliphatic rings. The lowest BCUT2D eigenvalue weighted by Gasteiger charge is -2.42. The summed E-state index contributed by atoms with van der Waals surface area (Å²) in [5, 5.41) is 0.199. The van der Waals surface area contributed by atoms with Crippen LogP contribution < -0.4 is 0 Å². The molecule has 0 N–H and O–H groups in total. The van der Waals surface area contributed by atoms with E-state index in [0.29, 0.717) is 55.7 Å². The molecule has 2 fully saturated rings. The van der Waals surface area contributed by atoms with Gasteiger partial charge in [-0.1, -0.05) is 27.7 Å². The minimum absolute atomic E-state index is 0.199. The second-order valence-corrected chi connectivity index (χ2v) is 14.1. The van der Waals surface area contributed by atoms with Gasteiger partial charge in [0.05, 0.1) is 12.7 Å². The van der Waals surface area contributed by atoms with Crippen molar-refractivity contribution >= 4 is 14.1 Å². The number of rotatable bonds is 6.